The van der Waals surface area contributed by atoms with Gasteiger partial charge in [0.2, 0.25) is 0 Å². The highest BCUT2D eigenvalue weighted by Crippen LogP contribution is 2.33. The second-order valence-electron chi connectivity index (χ2n) is 6.21. The molecule has 19 heavy (non-hydrogen) atoms. The molecule has 0 spiro atoms. The summed E-state index contributed by atoms with van der Waals surface area (Å²) in [5.74, 6) is 0. The molecule has 108 valence electrons. The van der Waals surface area contributed by atoms with Crippen LogP contribution in [0.15, 0.2) is 0 Å². The monoisotopic (exact) mass is 287 g/mol. The van der Waals surface area contributed by atoms with Crippen LogP contribution < -0.4 is 0 Å². The molecule has 6 heteroatoms. The highest BCUT2D eigenvalue weighted by molar-refractivity contribution is 6.21. The van der Waals surface area contributed by atoms with Crippen molar-refractivity contribution in [3.05, 3.63) is 21.5 Å². The van der Waals surface area contributed by atoms with E-state index in [0.717, 1.165) is 0 Å². The predicted molar refractivity (Wildman–Crippen MR) is 76.8 cm³/mol. The number of alkyl halides is 1. The molecule has 1 unspecified atom stereocenters. The van der Waals surface area contributed by atoms with Crippen molar-refractivity contribution in [2.75, 3.05) is 0 Å². The molecule has 0 saturated heterocycles. The van der Waals surface area contributed by atoms with Crippen molar-refractivity contribution in [2.45, 2.75) is 59.4 Å². The summed E-state index contributed by atoms with van der Waals surface area (Å²) in [6.07, 6.45) is 0.445. The maximum Gasteiger partial charge on any atom is 0.313 e. The summed E-state index contributed by atoms with van der Waals surface area (Å²) in [6.45, 7) is 11.7. The standard InChI is InChI=1S/C13H22ClN3O2/c1-8(2)16-10(7-11(14)13(4,5)6)12(17(18)19)9(3)15-16/h8,11H,7H2,1-6H3. The second-order valence-corrected chi connectivity index (χ2v) is 6.74. The largest absolute Gasteiger partial charge is 0.313 e. The van der Waals surface area contributed by atoms with Gasteiger partial charge in [-0.1, -0.05) is 20.8 Å². The molecule has 1 aromatic heterocycles. The molecular formula is C13H22ClN3O2. The Bertz CT molecular complexity index is 475. The third-order valence-corrected chi connectivity index (χ3v) is 3.94. The van der Waals surface area contributed by atoms with Crippen LogP contribution in [0.1, 0.15) is 52.0 Å². The number of hydrogen-bond acceptors (Lipinski definition) is 3. The van der Waals surface area contributed by atoms with Gasteiger partial charge in [0, 0.05) is 17.8 Å². The van der Waals surface area contributed by atoms with Gasteiger partial charge in [-0.2, -0.15) is 5.10 Å². The first-order chi connectivity index (χ1) is 8.55. The number of nitrogens with zero attached hydrogens (tertiary/aromatic N) is 3. The molecule has 1 aromatic rings. The molecule has 0 aliphatic carbocycles. The van der Waals surface area contributed by atoms with Crippen molar-refractivity contribution in [2.24, 2.45) is 5.41 Å². The third-order valence-electron chi connectivity index (χ3n) is 3.13. The molecule has 5 nitrogen and oxygen atoms in total. The Labute approximate surface area is 119 Å². The van der Waals surface area contributed by atoms with Crippen LogP contribution >= 0.6 is 11.6 Å². The zero-order valence-corrected chi connectivity index (χ0v) is 13.2. The summed E-state index contributed by atoms with van der Waals surface area (Å²) >= 11 is 6.39. The highest BCUT2D eigenvalue weighted by atomic mass is 35.5. The van der Waals surface area contributed by atoms with Crippen molar-refractivity contribution < 1.29 is 4.92 Å². The van der Waals surface area contributed by atoms with Crippen LogP contribution in [0.5, 0.6) is 0 Å². The van der Waals surface area contributed by atoms with Crippen molar-refractivity contribution in [1.82, 2.24) is 9.78 Å². The molecule has 0 amide bonds. The van der Waals surface area contributed by atoms with Crippen molar-refractivity contribution in [1.29, 1.82) is 0 Å². The number of nitro groups is 1. The molecule has 0 radical (unpaired) electrons. The van der Waals surface area contributed by atoms with Gasteiger partial charge in [0.05, 0.1) is 4.92 Å². The Balaban J connectivity index is 3.27. The number of aromatic nitrogens is 2. The minimum Gasteiger partial charge on any atom is -0.260 e. The Morgan fingerprint density at radius 1 is 1.42 bits per heavy atom. The molecule has 1 rings (SSSR count). The van der Waals surface area contributed by atoms with Crippen molar-refractivity contribution in [3.63, 3.8) is 0 Å². The first-order valence-electron chi connectivity index (χ1n) is 6.42. The Kier molecular flexibility index (Phi) is 4.61. The lowest BCUT2D eigenvalue weighted by Crippen LogP contribution is -2.25. The summed E-state index contributed by atoms with van der Waals surface area (Å²) in [7, 11) is 0. The van der Waals surface area contributed by atoms with Gasteiger partial charge in [-0.15, -0.1) is 11.6 Å². The summed E-state index contributed by atoms with van der Waals surface area (Å²) < 4.78 is 1.72. The molecule has 0 aliphatic rings. The minimum atomic E-state index is -0.358. The smallest absolute Gasteiger partial charge is 0.260 e. The van der Waals surface area contributed by atoms with Crippen LogP contribution in [0.25, 0.3) is 0 Å². The summed E-state index contributed by atoms with van der Waals surface area (Å²) in [5.41, 5.74) is 1.05. The van der Waals surface area contributed by atoms with Gasteiger partial charge in [-0.25, -0.2) is 0 Å². The lowest BCUT2D eigenvalue weighted by Gasteiger charge is -2.25. The fourth-order valence-electron chi connectivity index (χ4n) is 1.92. The first kappa shape index (κ1) is 16.0. The van der Waals surface area contributed by atoms with Gasteiger partial charge < -0.3 is 0 Å². The van der Waals surface area contributed by atoms with Gasteiger partial charge in [0.15, 0.2) is 0 Å². The highest BCUT2D eigenvalue weighted by Gasteiger charge is 2.31. The number of hydrogen-bond donors (Lipinski definition) is 0. The molecule has 0 aromatic carbocycles. The lowest BCUT2D eigenvalue weighted by atomic mass is 9.89. The van der Waals surface area contributed by atoms with E-state index in [4.69, 9.17) is 11.6 Å². The minimum absolute atomic E-state index is 0.0752. The molecule has 1 heterocycles. The second kappa shape index (κ2) is 5.49. The molecule has 0 bridgehead atoms. The predicted octanol–water partition coefficient (Wildman–Crippen LogP) is 3.88. The summed E-state index contributed by atoms with van der Waals surface area (Å²) in [5, 5.41) is 15.3. The van der Waals surface area contributed by atoms with E-state index in [-0.39, 0.29) is 27.4 Å². The molecule has 0 saturated carbocycles. The van der Waals surface area contributed by atoms with E-state index in [1.807, 2.05) is 34.6 Å². The van der Waals surface area contributed by atoms with E-state index in [0.29, 0.717) is 17.8 Å². The van der Waals surface area contributed by atoms with Crippen LogP contribution in [-0.4, -0.2) is 20.1 Å². The third kappa shape index (κ3) is 3.47. The van der Waals surface area contributed by atoms with Gasteiger partial charge in [0.25, 0.3) is 0 Å². The van der Waals surface area contributed by atoms with E-state index in [9.17, 15) is 10.1 Å². The maximum absolute atomic E-state index is 11.2. The van der Waals surface area contributed by atoms with E-state index in [1.54, 1.807) is 11.6 Å². The van der Waals surface area contributed by atoms with E-state index >= 15 is 0 Å². The van der Waals surface area contributed by atoms with Gasteiger partial charge >= 0.3 is 5.69 Å². The fourth-order valence-corrected chi connectivity index (χ4v) is 2.06. The average molecular weight is 288 g/mol. The van der Waals surface area contributed by atoms with Crippen molar-refractivity contribution in [3.8, 4) is 0 Å². The summed E-state index contributed by atoms with van der Waals surface area (Å²) in [4.78, 5) is 10.9. The normalized spacial score (nSPS) is 13.9. The van der Waals surface area contributed by atoms with Crippen LogP contribution in [0.3, 0.4) is 0 Å². The van der Waals surface area contributed by atoms with Crippen molar-refractivity contribution >= 4 is 17.3 Å². The van der Waals surface area contributed by atoms with Gasteiger partial charge in [-0.05, 0) is 26.2 Å². The molecule has 1 atom stereocenters. The van der Waals surface area contributed by atoms with Crippen LogP contribution in [0.2, 0.25) is 0 Å². The van der Waals surface area contributed by atoms with Gasteiger partial charge in [-0.3, -0.25) is 14.8 Å². The molecule has 0 N–H and O–H groups in total. The van der Waals surface area contributed by atoms with E-state index in [1.165, 1.54) is 0 Å². The van der Waals surface area contributed by atoms with Crippen LogP contribution in [0, 0.1) is 22.5 Å². The fraction of sp³-hybridized carbons (Fsp3) is 0.769. The number of halogens is 1. The first-order valence-corrected chi connectivity index (χ1v) is 6.85. The molecule has 0 aliphatic heterocycles. The summed E-state index contributed by atoms with van der Waals surface area (Å²) in [6, 6.07) is 0.0752. The number of aryl methyl sites for hydroxylation is 1. The lowest BCUT2D eigenvalue weighted by molar-refractivity contribution is -0.386. The topological polar surface area (TPSA) is 61.0 Å². The Morgan fingerprint density at radius 2 is 1.95 bits per heavy atom. The average Bonchev–Trinajstić information content (AvgIpc) is 2.53. The zero-order valence-electron chi connectivity index (χ0n) is 12.4. The number of rotatable bonds is 4. The van der Waals surface area contributed by atoms with Crippen LogP contribution in [0.4, 0.5) is 5.69 Å². The maximum atomic E-state index is 11.2. The zero-order chi connectivity index (χ0) is 15.0. The Hall–Kier alpha value is -1.10. The van der Waals surface area contributed by atoms with E-state index < -0.39 is 0 Å². The van der Waals surface area contributed by atoms with E-state index in [2.05, 4.69) is 5.10 Å². The molecular weight excluding hydrogens is 266 g/mol. The Morgan fingerprint density at radius 3 is 2.32 bits per heavy atom. The SMILES string of the molecule is Cc1nn(C(C)C)c(CC(Cl)C(C)(C)C)c1[N+](=O)[O-]. The van der Waals surface area contributed by atoms with Crippen LogP contribution in [-0.2, 0) is 6.42 Å². The molecule has 0 fully saturated rings. The quantitative estimate of drug-likeness (QED) is 0.480. The van der Waals surface area contributed by atoms with Gasteiger partial charge in [0.1, 0.15) is 11.4 Å².